The number of aryl methyl sites for hydroxylation is 2. The molecule has 2 heterocycles. The second-order valence-electron chi connectivity index (χ2n) is 5.25. The van der Waals surface area contributed by atoms with Gasteiger partial charge < -0.3 is 19.3 Å². The third kappa shape index (κ3) is 3.81. The molecule has 1 aromatic heterocycles. The Morgan fingerprint density at radius 3 is 2.81 bits per heavy atom. The van der Waals surface area contributed by atoms with Gasteiger partial charge in [-0.05, 0) is 20.3 Å². The molecule has 0 bridgehead atoms. The summed E-state index contributed by atoms with van der Waals surface area (Å²) in [6.45, 7) is 4.83. The SMILES string of the molecule is Cc1noc(C)c1CCC(=O)N1CCOCC(C(=O)O)C1. The fourth-order valence-corrected chi connectivity index (χ4v) is 2.44. The number of carboxylic acids is 1. The van der Waals surface area contributed by atoms with Gasteiger partial charge in [-0.25, -0.2) is 0 Å². The first-order chi connectivity index (χ1) is 9.99. The first-order valence-corrected chi connectivity index (χ1v) is 6.99. The number of carboxylic acid groups (broad SMARTS) is 1. The Morgan fingerprint density at radius 2 is 2.19 bits per heavy atom. The second kappa shape index (κ2) is 6.71. The molecular weight excluding hydrogens is 276 g/mol. The van der Waals surface area contributed by atoms with Gasteiger partial charge in [-0.15, -0.1) is 0 Å². The highest BCUT2D eigenvalue weighted by atomic mass is 16.5. The van der Waals surface area contributed by atoms with Gasteiger partial charge in [0.2, 0.25) is 5.91 Å². The predicted molar refractivity (Wildman–Crippen MR) is 72.8 cm³/mol. The molecule has 1 amide bonds. The molecule has 1 aromatic rings. The highest BCUT2D eigenvalue weighted by molar-refractivity contribution is 5.78. The summed E-state index contributed by atoms with van der Waals surface area (Å²) in [6, 6.07) is 0. The normalized spacial score (nSPS) is 19.3. The molecule has 0 aliphatic carbocycles. The first kappa shape index (κ1) is 15.5. The van der Waals surface area contributed by atoms with Crippen molar-refractivity contribution in [1.82, 2.24) is 10.1 Å². The van der Waals surface area contributed by atoms with Crippen LogP contribution < -0.4 is 0 Å². The topological polar surface area (TPSA) is 92.9 Å². The molecule has 1 aliphatic rings. The number of hydrogen-bond acceptors (Lipinski definition) is 5. The zero-order chi connectivity index (χ0) is 15.4. The van der Waals surface area contributed by atoms with E-state index in [0.29, 0.717) is 26.0 Å². The molecule has 1 unspecified atom stereocenters. The van der Waals surface area contributed by atoms with Gasteiger partial charge in [0.05, 0.1) is 24.8 Å². The van der Waals surface area contributed by atoms with Crippen LogP contribution in [0.3, 0.4) is 0 Å². The summed E-state index contributed by atoms with van der Waals surface area (Å²) in [5.74, 6) is -0.925. The molecule has 0 aromatic carbocycles. The molecule has 0 radical (unpaired) electrons. The molecule has 1 N–H and O–H groups in total. The van der Waals surface area contributed by atoms with E-state index in [1.807, 2.05) is 13.8 Å². The van der Waals surface area contributed by atoms with Gasteiger partial charge in [0.15, 0.2) is 0 Å². The Kier molecular flexibility index (Phi) is 4.95. The smallest absolute Gasteiger partial charge is 0.310 e. The number of rotatable bonds is 4. The van der Waals surface area contributed by atoms with Gasteiger partial charge in [-0.2, -0.15) is 0 Å². The van der Waals surface area contributed by atoms with Crippen molar-refractivity contribution in [2.45, 2.75) is 26.7 Å². The van der Waals surface area contributed by atoms with E-state index in [0.717, 1.165) is 17.0 Å². The van der Waals surface area contributed by atoms with Crippen LogP contribution in [0.2, 0.25) is 0 Å². The molecule has 7 heteroatoms. The van der Waals surface area contributed by atoms with E-state index in [2.05, 4.69) is 5.16 Å². The summed E-state index contributed by atoms with van der Waals surface area (Å²) in [5, 5.41) is 12.9. The fourth-order valence-electron chi connectivity index (χ4n) is 2.44. The molecule has 1 fully saturated rings. The van der Waals surface area contributed by atoms with Crippen molar-refractivity contribution in [3.63, 3.8) is 0 Å². The van der Waals surface area contributed by atoms with Crippen molar-refractivity contribution in [3.05, 3.63) is 17.0 Å². The Morgan fingerprint density at radius 1 is 1.43 bits per heavy atom. The van der Waals surface area contributed by atoms with Crippen LogP contribution in [0, 0.1) is 19.8 Å². The molecule has 1 aliphatic heterocycles. The Balaban J connectivity index is 1.94. The van der Waals surface area contributed by atoms with Crippen LogP contribution in [0.15, 0.2) is 4.52 Å². The van der Waals surface area contributed by atoms with E-state index in [9.17, 15) is 9.59 Å². The summed E-state index contributed by atoms with van der Waals surface area (Å²) in [6.07, 6.45) is 0.865. The van der Waals surface area contributed by atoms with Gasteiger partial charge in [-0.3, -0.25) is 9.59 Å². The van der Waals surface area contributed by atoms with E-state index in [1.54, 1.807) is 4.90 Å². The summed E-state index contributed by atoms with van der Waals surface area (Å²) in [7, 11) is 0. The van der Waals surface area contributed by atoms with Crippen molar-refractivity contribution in [1.29, 1.82) is 0 Å². The standard InChI is InChI=1S/C14H20N2O5/c1-9-12(10(2)21-15-9)3-4-13(17)16-5-6-20-8-11(7-16)14(18)19/h11H,3-8H2,1-2H3,(H,18,19). The van der Waals surface area contributed by atoms with Crippen molar-refractivity contribution in [2.75, 3.05) is 26.3 Å². The average Bonchev–Trinajstić information content (AvgIpc) is 2.68. The van der Waals surface area contributed by atoms with Crippen molar-refractivity contribution < 1.29 is 24.0 Å². The molecule has 2 rings (SSSR count). The van der Waals surface area contributed by atoms with E-state index < -0.39 is 11.9 Å². The number of aliphatic carboxylic acids is 1. The molecule has 1 saturated heterocycles. The summed E-state index contributed by atoms with van der Waals surface area (Å²) in [4.78, 5) is 24.9. The zero-order valence-electron chi connectivity index (χ0n) is 12.3. The molecule has 116 valence electrons. The highest BCUT2D eigenvalue weighted by Crippen LogP contribution is 2.16. The number of carbonyl (C=O) groups is 2. The minimum absolute atomic E-state index is 0.0632. The Labute approximate surface area is 122 Å². The van der Waals surface area contributed by atoms with Crippen LogP contribution in [-0.4, -0.2) is 53.3 Å². The van der Waals surface area contributed by atoms with Crippen molar-refractivity contribution in [3.8, 4) is 0 Å². The maximum absolute atomic E-state index is 12.3. The van der Waals surface area contributed by atoms with Crippen LogP contribution in [0.25, 0.3) is 0 Å². The minimum atomic E-state index is -0.930. The maximum atomic E-state index is 12.3. The minimum Gasteiger partial charge on any atom is -0.481 e. The first-order valence-electron chi connectivity index (χ1n) is 6.99. The van der Waals surface area contributed by atoms with Gasteiger partial charge in [0.25, 0.3) is 0 Å². The lowest BCUT2D eigenvalue weighted by Crippen LogP contribution is -2.38. The predicted octanol–water partition coefficient (Wildman–Crippen LogP) is 0.784. The number of aromatic nitrogens is 1. The summed E-state index contributed by atoms with van der Waals surface area (Å²) in [5.41, 5.74) is 1.74. The van der Waals surface area contributed by atoms with Crippen LogP contribution in [-0.2, 0) is 20.7 Å². The van der Waals surface area contributed by atoms with Crippen molar-refractivity contribution >= 4 is 11.9 Å². The third-order valence-corrected chi connectivity index (χ3v) is 3.74. The van der Waals surface area contributed by atoms with E-state index in [-0.39, 0.29) is 19.1 Å². The number of amides is 1. The Hall–Kier alpha value is -1.89. The Bertz CT molecular complexity index is 506. The lowest BCUT2D eigenvalue weighted by Gasteiger charge is -2.21. The van der Waals surface area contributed by atoms with Gasteiger partial charge >= 0.3 is 5.97 Å². The number of ether oxygens (including phenoxy) is 1. The lowest BCUT2D eigenvalue weighted by atomic mass is 10.1. The van der Waals surface area contributed by atoms with E-state index in [4.69, 9.17) is 14.4 Å². The molecule has 1 atom stereocenters. The van der Waals surface area contributed by atoms with Gasteiger partial charge in [0.1, 0.15) is 5.76 Å². The average molecular weight is 296 g/mol. The van der Waals surface area contributed by atoms with Crippen LogP contribution >= 0.6 is 0 Å². The quantitative estimate of drug-likeness (QED) is 0.882. The third-order valence-electron chi connectivity index (χ3n) is 3.74. The van der Waals surface area contributed by atoms with Crippen molar-refractivity contribution in [2.24, 2.45) is 5.92 Å². The number of carbonyl (C=O) groups excluding carboxylic acids is 1. The second-order valence-corrected chi connectivity index (χ2v) is 5.25. The zero-order valence-corrected chi connectivity index (χ0v) is 12.3. The van der Waals surface area contributed by atoms with Crippen LogP contribution in [0.5, 0.6) is 0 Å². The molecule has 0 spiro atoms. The van der Waals surface area contributed by atoms with E-state index in [1.165, 1.54) is 0 Å². The van der Waals surface area contributed by atoms with Crippen LogP contribution in [0.1, 0.15) is 23.4 Å². The lowest BCUT2D eigenvalue weighted by molar-refractivity contribution is -0.144. The fraction of sp³-hybridized carbons (Fsp3) is 0.643. The largest absolute Gasteiger partial charge is 0.481 e. The molecule has 0 saturated carbocycles. The highest BCUT2D eigenvalue weighted by Gasteiger charge is 2.27. The molecular formula is C14H20N2O5. The van der Waals surface area contributed by atoms with E-state index >= 15 is 0 Å². The number of nitrogens with zero attached hydrogens (tertiary/aromatic N) is 2. The maximum Gasteiger partial charge on any atom is 0.310 e. The summed E-state index contributed by atoms with van der Waals surface area (Å²) < 4.78 is 10.3. The van der Waals surface area contributed by atoms with Gasteiger partial charge in [-0.1, -0.05) is 5.16 Å². The number of hydrogen-bond donors (Lipinski definition) is 1. The monoisotopic (exact) mass is 296 g/mol. The van der Waals surface area contributed by atoms with Crippen LogP contribution in [0.4, 0.5) is 0 Å². The molecule has 7 nitrogen and oxygen atoms in total. The molecule has 21 heavy (non-hydrogen) atoms. The van der Waals surface area contributed by atoms with Gasteiger partial charge in [0, 0.05) is 25.1 Å². The summed E-state index contributed by atoms with van der Waals surface area (Å²) >= 11 is 0.